The number of allylic oxidation sites excluding steroid dienone is 8. The topological polar surface area (TPSA) is 12.0 Å². The number of rotatable bonds is 19. The Morgan fingerprint density at radius 2 is 1.14 bits per heavy atom. The number of hydrogen-bond donors (Lipinski definition) is 1. The maximum Gasteiger partial charge on any atom is 0.0381 e. The normalized spacial score (nSPS) is 18.1. The van der Waals surface area contributed by atoms with Crippen molar-refractivity contribution in [3.8, 4) is 0 Å². The molecule has 1 heteroatoms. The first kappa shape index (κ1) is 32.9. The van der Waals surface area contributed by atoms with Crippen LogP contribution in [-0.4, -0.2) is 0 Å². The van der Waals surface area contributed by atoms with E-state index >= 15 is 0 Å². The Labute approximate surface area is 260 Å². The third-order valence-corrected chi connectivity index (χ3v) is 11.3. The van der Waals surface area contributed by atoms with Crippen molar-refractivity contribution in [2.24, 2.45) is 10.8 Å². The summed E-state index contributed by atoms with van der Waals surface area (Å²) in [4.78, 5) is 0. The first-order valence-corrected chi connectivity index (χ1v) is 18.2. The number of nitrogens with one attached hydrogen (secondary N) is 1. The van der Waals surface area contributed by atoms with Gasteiger partial charge in [-0.1, -0.05) is 142 Å². The predicted octanol–water partition coefficient (Wildman–Crippen LogP) is 13.4. The van der Waals surface area contributed by atoms with E-state index in [0.717, 1.165) is 6.42 Å². The molecule has 0 aromatic heterocycles. The van der Waals surface area contributed by atoms with Crippen LogP contribution in [0.1, 0.15) is 163 Å². The minimum Gasteiger partial charge on any atom is -0.359 e. The molecule has 0 amide bonds. The summed E-state index contributed by atoms with van der Waals surface area (Å²) in [5, 5.41) is 3.84. The van der Waals surface area contributed by atoms with Crippen molar-refractivity contribution in [1.82, 2.24) is 0 Å². The SMILES string of the molecule is CCCCCCCCC1(CCCCCCCC)C2=C(CCC(Nc3ccccc3)=C2)C2=C1C=C(C(C)(CC)CC)CC2. The van der Waals surface area contributed by atoms with Crippen LogP contribution >= 0.6 is 0 Å². The Bertz CT molecular complexity index is 1090. The molecule has 0 saturated carbocycles. The van der Waals surface area contributed by atoms with Crippen molar-refractivity contribution in [2.75, 3.05) is 5.32 Å². The fourth-order valence-corrected chi connectivity index (χ4v) is 8.15. The second-order valence-electron chi connectivity index (χ2n) is 14.0. The van der Waals surface area contributed by atoms with Gasteiger partial charge in [0.15, 0.2) is 0 Å². The van der Waals surface area contributed by atoms with Crippen molar-refractivity contribution in [3.05, 3.63) is 76.0 Å². The van der Waals surface area contributed by atoms with Crippen LogP contribution in [0.15, 0.2) is 76.0 Å². The zero-order valence-corrected chi connectivity index (χ0v) is 28.2. The maximum absolute atomic E-state index is 3.84. The first-order chi connectivity index (χ1) is 20.5. The molecule has 0 bridgehead atoms. The summed E-state index contributed by atoms with van der Waals surface area (Å²) in [5.41, 5.74) is 11.9. The van der Waals surface area contributed by atoms with Crippen molar-refractivity contribution in [1.29, 1.82) is 0 Å². The molecule has 0 spiro atoms. The second kappa shape index (κ2) is 16.2. The Morgan fingerprint density at radius 3 is 1.71 bits per heavy atom. The van der Waals surface area contributed by atoms with E-state index in [-0.39, 0.29) is 5.41 Å². The van der Waals surface area contributed by atoms with Gasteiger partial charge in [0.2, 0.25) is 0 Å². The highest BCUT2D eigenvalue weighted by atomic mass is 14.9. The van der Waals surface area contributed by atoms with Gasteiger partial charge in [-0.25, -0.2) is 0 Å². The molecule has 3 aliphatic carbocycles. The highest BCUT2D eigenvalue weighted by molar-refractivity contribution is 5.65. The second-order valence-corrected chi connectivity index (χ2v) is 14.0. The number of anilines is 1. The number of unbranched alkanes of at least 4 members (excludes halogenated alkanes) is 10. The molecule has 1 nitrogen and oxygen atoms in total. The fraction of sp³-hybridized carbons (Fsp3) is 0.659. The maximum atomic E-state index is 3.84. The molecule has 0 radical (unpaired) electrons. The molecule has 0 fully saturated rings. The zero-order chi connectivity index (χ0) is 29.8. The molecule has 0 aliphatic heterocycles. The van der Waals surface area contributed by atoms with E-state index in [9.17, 15) is 0 Å². The third-order valence-electron chi connectivity index (χ3n) is 11.3. The van der Waals surface area contributed by atoms with E-state index in [4.69, 9.17) is 0 Å². The summed E-state index contributed by atoms with van der Waals surface area (Å²) in [6, 6.07) is 10.9. The van der Waals surface area contributed by atoms with Crippen LogP contribution in [0.4, 0.5) is 5.69 Å². The van der Waals surface area contributed by atoms with Crippen molar-refractivity contribution in [3.63, 3.8) is 0 Å². The molecule has 0 heterocycles. The molecule has 232 valence electrons. The summed E-state index contributed by atoms with van der Waals surface area (Å²) < 4.78 is 0. The van der Waals surface area contributed by atoms with Gasteiger partial charge in [-0.2, -0.15) is 0 Å². The lowest BCUT2D eigenvalue weighted by Crippen LogP contribution is -2.27. The van der Waals surface area contributed by atoms with Crippen LogP contribution in [-0.2, 0) is 0 Å². The lowest BCUT2D eigenvalue weighted by Gasteiger charge is -2.39. The molecule has 1 N–H and O–H groups in total. The Hall–Kier alpha value is -2.02. The van der Waals surface area contributed by atoms with Gasteiger partial charge >= 0.3 is 0 Å². The number of fused-ring (bicyclic) bond motifs is 1. The highest BCUT2D eigenvalue weighted by Crippen LogP contribution is 2.60. The molecule has 0 saturated heterocycles. The molecule has 3 aliphatic rings. The van der Waals surface area contributed by atoms with Crippen LogP contribution in [0.5, 0.6) is 0 Å². The van der Waals surface area contributed by atoms with Crippen LogP contribution in [0.2, 0.25) is 0 Å². The molecule has 1 aromatic rings. The largest absolute Gasteiger partial charge is 0.359 e. The minimum absolute atomic E-state index is 0.207. The molecule has 4 rings (SSSR count). The smallest absolute Gasteiger partial charge is 0.0381 e. The van der Waals surface area contributed by atoms with Gasteiger partial charge < -0.3 is 5.32 Å². The summed E-state index contributed by atoms with van der Waals surface area (Å²) in [6.07, 6.45) is 32.0. The Morgan fingerprint density at radius 1 is 0.619 bits per heavy atom. The molecule has 42 heavy (non-hydrogen) atoms. The monoisotopic (exact) mass is 569 g/mol. The third kappa shape index (κ3) is 7.73. The minimum atomic E-state index is 0.207. The van der Waals surface area contributed by atoms with E-state index in [1.54, 1.807) is 27.9 Å². The lowest BCUT2D eigenvalue weighted by molar-refractivity contribution is 0.333. The van der Waals surface area contributed by atoms with Crippen LogP contribution < -0.4 is 5.32 Å². The van der Waals surface area contributed by atoms with Gasteiger partial charge in [0, 0.05) is 16.8 Å². The Kier molecular flexibility index (Phi) is 12.7. The number of benzene rings is 1. The van der Waals surface area contributed by atoms with E-state index in [0.29, 0.717) is 5.41 Å². The van der Waals surface area contributed by atoms with Gasteiger partial charge in [0.25, 0.3) is 0 Å². The van der Waals surface area contributed by atoms with Gasteiger partial charge in [0.05, 0.1) is 0 Å². The van der Waals surface area contributed by atoms with E-state index in [1.165, 1.54) is 133 Å². The van der Waals surface area contributed by atoms with Crippen molar-refractivity contribution < 1.29 is 0 Å². The van der Waals surface area contributed by atoms with E-state index in [2.05, 4.69) is 82.4 Å². The number of hydrogen-bond acceptors (Lipinski definition) is 1. The van der Waals surface area contributed by atoms with Gasteiger partial charge in [-0.3, -0.25) is 0 Å². The quantitative estimate of drug-likeness (QED) is 0.163. The molecular weight excluding hydrogens is 506 g/mol. The fourth-order valence-electron chi connectivity index (χ4n) is 8.15. The average molecular weight is 570 g/mol. The van der Waals surface area contributed by atoms with Crippen LogP contribution in [0.25, 0.3) is 0 Å². The summed E-state index contributed by atoms with van der Waals surface area (Å²) >= 11 is 0. The predicted molar refractivity (Wildman–Crippen MR) is 186 cm³/mol. The molecule has 0 unspecified atom stereocenters. The van der Waals surface area contributed by atoms with Crippen LogP contribution in [0, 0.1) is 10.8 Å². The lowest BCUT2D eigenvalue weighted by atomic mass is 9.65. The first-order valence-electron chi connectivity index (χ1n) is 18.2. The van der Waals surface area contributed by atoms with Gasteiger partial charge in [0.1, 0.15) is 0 Å². The number of para-hydroxylation sites is 1. The van der Waals surface area contributed by atoms with Crippen molar-refractivity contribution >= 4 is 5.69 Å². The highest BCUT2D eigenvalue weighted by Gasteiger charge is 2.46. The van der Waals surface area contributed by atoms with Crippen molar-refractivity contribution in [2.45, 2.75) is 163 Å². The molecule has 0 atom stereocenters. The van der Waals surface area contributed by atoms with Crippen LogP contribution in [0.3, 0.4) is 0 Å². The van der Waals surface area contributed by atoms with Gasteiger partial charge in [-0.05, 0) is 97.3 Å². The standard InChI is InChI=1S/C41H63N/c1-6-10-12-14-16-21-29-41(30-22-17-15-13-11-7-2)38-31-33(40(5,8-3)9-4)25-27-36(38)37-28-26-35(32-39(37)41)42-34-23-19-18-20-24-34/h18-20,23-24,31-32,42H,6-17,21-22,25-30H2,1-5H3. The molecular formula is C41H63N. The van der Waals surface area contributed by atoms with Gasteiger partial charge in [-0.15, -0.1) is 0 Å². The summed E-state index contributed by atoms with van der Waals surface area (Å²) in [5.74, 6) is 0. The average Bonchev–Trinajstić information content (AvgIpc) is 3.29. The summed E-state index contributed by atoms with van der Waals surface area (Å²) in [7, 11) is 0. The van der Waals surface area contributed by atoms with E-state index < -0.39 is 0 Å². The summed E-state index contributed by atoms with van der Waals surface area (Å²) in [6.45, 7) is 12.0. The molecule has 1 aromatic carbocycles. The Balaban J connectivity index is 1.70. The van der Waals surface area contributed by atoms with E-state index in [1.807, 2.05) is 0 Å². The zero-order valence-electron chi connectivity index (χ0n) is 28.2.